The molecule has 88 valence electrons. The number of rotatable bonds is 4. The molecule has 2 rings (SSSR count). The fourth-order valence-electron chi connectivity index (χ4n) is 1.85. The summed E-state index contributed by atoms with van der Waals surface area (Å²) in [5, 5.41) is 3.43. The molecule has 0 bridgehead atoms. The molecule has 0 aliphatic carbocycles. The van der Waals surface area contributed by atoms with Crippen molar-refractivity contribution >= 4 is 5.69 Å². The minimum absolute atomic E-state index is 0.820. The predicted octanol–water partition coefficient (Wildman–Crippen LogP) is 2.87. The van der Waals surface area contributed by atoms with Gasteiger partial charge in [-0.25, -0.2) is 0 Å². The Hall–Kier alpha value is -1.80. The number of anilines is 1. The average Bonchev–Trinajstić information content (AvgIpc) is 2.32. The Labute approximate surface area is 102 Å². The van der Waals surface area contributed by atoms with Gasteiger partial charge in [-0.05, 0) is 35.7 Å². The summed E-state index contributed by atoms with van der Waals surface area (Å²) in [5.74, 6) is 0. The van der Waals surface area contributed by atoms with E-state index in [4.69, 9.17) is 5.73 Å². The Morgan fingerprint density at radius 2 is 1.82 bits per heavy atom. The third kappa shape index (κ3) is 3.33. The van der Waals surface area contributed by atoms with E-state index in [-0.39, 0.29) is 0 Å². The second-order valence-electron chi connectivity index (χ2n) is 4.28. The van der Waals surface area contributed by atoms with Gasteiger partial charge in [-0.1, -0.05) is 36.4 Å². The topological polar surface area (TPSA) is 38.0 Å². The second kappa shape index (κ2) is 5.51. The van der Waals surface area contributed by atoms with E-state index in [0.717, 1.165) is 18.8 Å². The first-order valence-electron chi connectivity index (χ1n) is 5.85. The summed E-state index contributed by atoms with van der Waals surface area (Å²) in [4.78, 5) is 0. The number of nitrogens with two attached hydrogens (primary N) is 1. The molecule has 0 unspecified atom stereocenters. The van der Waals surface area contributed by atoms with E-state index in [0.29, 0.717) is 0 Å². The lowest BCUT2D eigenvalue weighted by atomic mass is 10.1. The van der Waals surface area contributed by atoms with E-state index in [9.17, 15) is 0 Å². The molecule has 2 heteroatoms. The Morgan fingerprint density at radius 3 is 2.59 bits per heavy atom. The van der Waals surface area contributed by atoms with Crippen LogP contribution >= 0.6 is 0 Å². The summed E-state index contributed by atoms with van der Waals surface area (Å²) < 4.78 is 0. The lowest BCUT2D eigenvalue weighted by Gasteiger charge is -2.08. The summed E-state index contributed by atoms with van der Waals surface area (Å²) >= 11 is 0. The van der Waals surface area contributed by atoms with Crippen LogP contribution in [0.25, 0.3) is 0 Å². The fourth-order valence-corrected chi connectivity index (χ4v) is 1.85. The lowest BCUT2D eigenvalue weighted by Crippen LogP contribution is -2.13. The first kappa shape index (κ1) is 11.7. The zero-order valence-corrected chi connectivity index (χ0v) is 10.1. The molecule has 0 spiro atoms. The first-order valence-corrected chi connectivity index (χ1v) is 5.85. The van der Waals surface area contributed by atoms with Gasteiger partial charge in [0.25, 0.3) is 0 Å². The van der Waals surface area contributed by atoms with Crippen LogP contribution in [0.3, 0.4) is 0 Å². The maximum Gasteiger partial charge on any atom is 0.0317 e. The second-order valence-corrected chi connectivity index (χ2v) is 4.28. The molecular weight excluding hydrogens is 208 g/mol. The van der Waals surface area contributed by atoms with E-state index in [1.54, 1.807) is 0 Å². The Kier molecular flexibility index (Phi) is 3.78. The molecule has 2 aromatic carbocycles. The molecule has 2 nitrogen and oxygen atoms in total. The van der Waals surface area contributed by atoms with Crippen molar-refractivity contribution in [2.75, 3.05) is 5.73 Å². The Balaban J connectivity index is 1.90. The van der Waals surface area contributed by atoms with Gasteiger partial charge in [-0.2, -0.15) is 0 Å². The van der Waals surface area contributed by atoms with Crippen molar-refractivity contribution in [3.05, 3.63) is 65.2 Å². The van der Waals surface area contributed by atoms with Crippen molar-refractivity contribution in [1.82, 2.24) is 5.32 Å². The van der Waals surface area contributed by atoms with Gasteiger partial charge in [0.1, 0.15) is 0 Å². The maximum atomic E-state index is 5.74. The molecule has 0 amide bonds. The molecule has 0 radical (unpaired) electrons. The number of aryl methyl sites for hydroxylation is 1. The van der Waals surface area contributed by atoms with E-state index in [1.807, 2.05) is 18.2 Å². The summed E-state index contributed by atoms with van der Waals surface area (Å²) in [6, 6.07) is 16.4. The van der Waals surface area contributed by atoms with Gasteiger partial charge in [-0.3, -0.25) is 0 Å². The number of nitrogens with one attached hydrogen (secondary N) is 1. The van der Waals surface area contributed by atoms with Crippen LogP contribution < -0.4 is 11.1 Å². The molecule has 0 aliphatic rings. The standard InChI is InChI=1S/C15H18N2/c1-12-5-2-3-7-14(12)11-17-10-13-6-4-8-15(16)9-13/h2-9,17H,10-11,16H2,1H3. The molecule has 2 aromatic rings. The van der Waals surface area contributed by atoms with Crippen LogP contribution in [0.1, 0.15) is 16.7 Å². The Morgan fingerprint density at radius 1 is 1.00 bits per heavy atom. The quantitative estimate of drug-likeness (QED) is 0.787. The Bertz CT molecular complexity index is 492. The van der Waals surface area contributed by atoms with E-state index >= 15 is 0 Å². The smallest absolute Gasteiger partial charge is 0.0317 e. The lowest BCUT2D eigenvalue weighted by molar-refractivity contribution is 0.691. The average molecular weight is 226 g/mol. The van der Waals surface area contributed by atoms with Crippen LogP contribution in [-0.4, -0.2) is 0 Å². The summed E-state index contributed by atoms with van der Waals surface area (Å²) in [6.07, 6.45) is 0. The molecule has 3 N–H and O–H groups in total. The summed E-state index contributed by atoms with van der Waals surface area (Å²) in [6.45, 7) is 3.87. The summed E-state index contributed by atoms with van der Waals surface area (Å²) in [5.41, 5.74) is 10.4. The third-order valence-corrected chi connectivity index (χ3v) is 2.86. The van der Waals surface area contributed by atoms with Crippen LogP contribution in [-0.2, 0) is 13.1 Å². The van der Waals surface area contributed by atoms with Gasteiger partial charge in [0.2, 0.25) is 0 Å². The highest BCUT2D eigenvalue weighted by Gasteiger charge is 1.97. The fraction of sp³-hybridized carbons (Fsp3) is 0.200. The number of hydrogen-bond donors (Lipinski definition) is 2. The molecule has 0 aliphatic heterocycles. The van der Waals surface area contributed by atoms with Gasteiger partial charge >= 0.3 is 0 Å². The van der Waals surface area contributed by atoms with Gasteiger partial charge in [0, 0.05) is 18.8 Å². The van der Waals surface area contributed by atoms with Crippen LogP contribution in [0.4, 0.5) is 5.69 Å². The minimum atomic E-state index is 0.820. The molecule has 17 heavy (non-hydrogen) atoms. The van der Waals surface area contributed by atoms with Crippen LogP contribution in [0.2, 0.25) is 0 Å². The van der Waals surface area contributed by atoms with Gasteiger partial charge in [-0.15, -0.1) is 0 Å². The van der Waals surface area contributed by atoms with Gasteiger partial charge in [0.15, 0.2) is 0 Å². The van der Waals surface area contributed by atoms with Crippen LogP contribution in [0.15, 0.2) is 48.5 Å². The molecule has 0 saturated heterocycles. The highest BCUT2D eigenvalue weighted by Crippen LogP contribution is 2.08. The SMILES string of the molecule is Cc1ccccc1CNCc1cccc(N)c1. The number of benzene rings is 2. The first-order chi connectivity index (χ1) is 8.25. The molecule has 0 fully saturated rings. The van der Waals surface area contributed by atoms with E-state index < -0.39 is 0 Å². The predicted molar refractivity (Wildman–Crippen MR) is 72.6 cm³/mol. The van der Waals surface area contributed by atoms with E-state index in [2.05, 4.69) is 42.6 Å². The van der Waals surface area contributed by atoms with Gasteiger partial charge < -0.3 is 11.1 Å². The van der Waals surface area contributed by atoms with Crippen molar-refractivity contribution in [2.45, 2.75) is 20.0 Å². The highest BCUT2D eigenvalue weighted by atomic mass is 14.8. The van der Waals surface area contributed by atoms with Crippen molar-refractivity contribution < 1.29 is 0 Å². The zero-order valence-electron chi connectivity index (χ0n) is 10.1. The minimum Gasteiger partial charge on any atom is -0.399 e. The van der Waals surface area contributed by atoms with Crippen molar-refractivity contribution in [2.24, 2.45) is 0 Å². The monoisotopic (exact) mass is 226 g/mol. The van der Waals surface area contributed by atoms with Crippen LogP contribution in [0, 0.1) is 6.92 Å². The van der Waals surface area contributed by atoms with E-state index in [1.165, 1.54) is 16.7 Å². The highest BCUT2D eigenvalue weighted by molar-refractivity contribution is 5.40. The molecule has 0 saturated carbocycles. The molecular formula is C15H18N2. The zero-order chi connectivity index (χ0) is 12.1. The largest absolute Gasteiger partial charge is 0.399 e. The van der Waals surface area contributed by atoms with Crippen LogP contribution in [0.5, 0.6) is 0 Å². The third-order valence-electron chi connectivity index (χ3n) is 2.86. The molecule has 0 heterocycles. The number of hydrogen-bond acceptors (Lipinski definition) is 2. The van der Waals surface area contributed by atoms with Crippen molar-refractivity contribution in [3.63, 3.8) is 0 Å². The van der Waals surface area contributed by atoms with Gasteiger partial charge in [0.05, 0.1) is 0 Å². The maximum absolute atomic E-state index is 5.74. The molecule has 0 aromatic heterocycles. The van der Waals surface area contributed by atoms with Crippen molar-refractivity contribution in [1.29, 1.82) is 0 Å². The normalized spacial score (nSPS) is 10.4. The summed E-state index contributed by atoms with van der Waals surface area (Å²) in [7, 11) is 0. The number of nitrogen functional groups attached to an aromatic ring is 1. The van der Waals surface area contributed by atoms with Crippen molar-refractivity contribution in [3.8, 4) is 0 Å². The molecule has 0 atom stereocenters.